The van der Waals surface area contributed by atoms with Gasteiger partial charge in [0.2, 0.25) is 11.8 Å². The quantitative estimate of drug-likeness (QED) is 0.162. The Hall–Kier alpha value is -4.20. The number of aliphatic imine (C=N–C) groups is 1. The van der Waals surface area contributed by atoms with Crippen LogP contribution in [0.15, 0.2) is 58.7 Å². The third kappa shape index (κ3) is 7.91. The molecule has 13 nitrogen and oxygen atoms in total. The van der Waals surface area contributed by atoms with Crippen molar-refractivity contribution in [2.45, 2.75) is 57.4 Å². The number of benzene rings is 1. The van der Waals surface area contributed by atoms with Crippen LogP contribution in [0, 0.1) is 0 Å². The Labute approximate surface area is 266 Å². The van der Waals surface area contributed by atoms with Gasteiger partial charge in [-0.15, -0.1) is 5.10 Å². The van der Waals surface area contributed by atoms with Crippen LogP contribution < -0.4 is 20.5 Å². The predicted octanol–water partition coefficient (Wildman–Crippen LogP) is 4.87. The number of halogens is 1. The Kier molecular flexibility index (Phi) is 10.1. The maximum atomic E-state index is 6.39. The molecule has 2 fully saturated rings. The first-order valence-electron chi connectivity index (χ1n) is 15.2. The molecule has 238 valence electrons. The molecule has 14 heteroatoms. The lowest BCUT2D eigenvalue weighted by molar-refractivity contribution is 0.00502. The van der Waals surface area contributed by atoms with Crippen molar-refractivity contribution in [3.8, 4) is 22.8 Å². The Morgan fingerprint density at radius 2 is 1.89 bits per heavy atom. The molecule has 0 unspecified atom stereocenters. The van der Waals surface area contributed by atoms with E-state index in [1.165, 1.54) is 12.6 Å². The van der Waals surface area contributed by atoms with Gasteiger partial charge in [-0.2, -0.15) is 0 Å². The van der Waals surface area contributed by atoms with E-state index in [0.717, 1.165) is 63.1 Å². The number of nitrogens with one attached hydrogen (secondary N) is 1. The smallest absolute Gasteiger partial charge is 0.257 e. The molecule has 1 saturated heterocycles. The maximum Gasteiger partial charge on any atom is 0.257 e. The lowest BCUT2D eigenvalue weighted by Crippen LogP contribution is -2.45. The molecule has 1 aliphatic carbocycles. The highest BCUT2D eigenvalue weighted by Gasteiger charge is 2.29. The molecule has 4 aromatic rings. The first kappa shape index (κ1) is 30.8. The molecule has 45 heavy (non-hydrogen) atoms. The van der Waals surface area contributed by atoms with Gasteiger partial charge in [-0.05, 0) is 50.3 Å². The number of hydrogen-bond donors (Lipinski definition) is 2. The summed E-state index contributed by atoms with van der Waals surface area (Å²) in [4.78, 5) is 19.9. The summed E-state index contributed by atoms with van der Waals surface area (Å²) in [5.74, 6) is 1.86. The molecule has 3 N–H and O–H groups in total. The van der Waals surface area contributed by atoms with Crippen molar-refractivity contribution in [3.63, 3.8) is 0 Å². The van der Waals surface area contributed by atoms with Crippen molar-refractivity contribution in [2.24, 2.45) is 10.7 Å². The van der Waals surface area contributed by atoms with Crippen molar-refractivity contribution >= 4 is 29.6 Å². The van der Waals surface area contributed by atoms with Gasteiger partial charge in [0.05, 0.1) is 49.6 Å². The van der Waals surface area contributed by atoms with Crippen LogP contribution in [0.3, 0.4) is 0 Å². The third-order valence-corrected chi connectivity index (χ3v) is 8.39. The minimum Gasteiger partial charge on any atom is -0.487 e. The number of oxazole rings is 1. The molecule has 6 rings (SSSR count). The molecule has 0 radical (unpaired) electrons. The van der Waals surface area contributed by atoms with E-state index in [1.807, 2.05) is 29.9 Å². The van der Waals surface area contributed by atoms with Gasteiger partial charge in [0, 0.05) is 37.1 Å². The van der Waals surface area contributed by atoms with E-state index in [4.69, 9.17) is 41.1 Å². The van der Waals surface area contributed by atoms with Crippen LogP contribution in [0.25, 0.3) is 11.1 Å². The molecule has 0 bridgehead atoms. The van der Waals surface area contributed by atoms with E-state index in [1.54, 1.807) is 24.7 Å². The fourth-order valence-electron chi connectivity index (χ4n) is 5.74. The number of ether oxygens (including phenoxy) is 3. The van der Waals surface area contributed by atoms with Crippen LogP contribution in [0.2, 0.25) is 5.02 Å². The third-order valence-electron chi connectivity index (χ3n) is 8.08. The number of morpholine rings is 1. The highest BCUT2D eigenvalue weighted by atomic mass is 35.5. The van der Waals surface area contributed by atoms with Crippen LogP contribution in [0.4, 0.5) is 11.6 Å². The lowest BCUT2D eigenvalue weighted by atomic mass is 9.90. The second-order valence-electron chi connectivity index (χ2n) is 11.2. The zero-order valence-corrected chi connectivity index (χ0v) is 26.0. The van der Waals surface area contributed by atoms with Gasteiger partial charge in [-0.3, -0.25) is 14.6 Å². The molecule has 0 spiro atoms. The van der Waals surface area contributed by atoms with Crippen LogP contribution in [-0.4, -0.2) is 81.0 Å². The zero-order valence-electron chi connectivity index (χ0n) is 25.2. The second kappa shape index (κ2) is 14.7. The summed E-state index contributed by atoms with van der Waals surface area (Å²) >= 11 is 6.39. The van der Waals surface area contributed by atoms with E-state index < -0.39 is 0 Å². The van der Waals surface area contributed by atoms with E-state index in [0.29, 0.717) is 46.8 Å². The molecule has 1 aliphatic heterocycles. The van der Waals surface area contributed by atoms with E-state index in [2.05, 4.69) is 30.2 Å². The normalized spacial score (nSPS) is 19.9. The fourth-order valence-corrected chi connectivity index (χ4v) is 5.90. The standard InChI is InChI=1S/C31H38ClN9O4/c1-21(15-34-20-33)45-28-14-22(2-7-26(28)32)23-16-36-31(37-17-23)38-27-18-41(39-30(27)44-19-29-35-8-11-43-29)25-5-3-24(4-6-25)40-9-12-42-13-10-40/h2,7-8,11,14,16-18,20-21,24-25H,3-6,9-10,12-13,15,19H2,1H3,(H2,33,34)(H,36,37,38)/t21-,24?,25?/m0/s1. The summed E-state index contributed by atoms with van der Waals surface area (Å²) in [6.07, 6.45) is 14.0. The first-order valence-corrected chi connectivity index (χ1v) is 15.6. The van der Waals surface area contributed by atoms with Crippen molar-refractivity contribution in [1.29, 1.82) is 0 Å². The van der Waals surface area contributed by atoms with Gasteiger partial charge in [-0.25, -0.2) is 15.0 Å². The Morgan fingerprint density at radius 1 is 1.11 bits per heavy atom. The monoisotopic (exact) mass is 635 g/mol. The van der Waals surface area contributed by atoms with Crippen LogP contribution in [0.1, 0.15) is 44.5 Å². The van der Waals surface area contributed by atoms with Crippen LogP contribution >= 0.6 is 11.6 Å². The summed E-state index contributed by atoms with van der Waals surface area (Å²) in [6, 6.07) is 6.43. The maximum absolute atomic E-state index is 6.39. The van der Waals surface area contributed by atoms with Gasteiger partial charge in [0.1, 0.15) is 23.8 Å². The summed E-state index contributed by atoms with van der Waals surface area (Å²) in [6.45, 7) is 6.16. The zero-order chi connectivity index (χ0) is 31.0. The van der Waals surface area contributed by atoms with E-state index in [9.17, 15) is 0 Å². The summed E-state index contributed by atoms with van der Waals surface area (Å²) in [7, 11) is 0. The topological polar surface area (TPSA) is 151 Å². The van der Waals surface area contributed by atoms with Crippen molar-refractivity contribution in [3.05, 3.63) is 60.2 Å². The molecule has 1 aromatic carbocycles. The fraction of sp³-hybridized carbons (Fsp3) is 0.452. The molecule has 0 amide bonds. The van der Waals surface area contributed by atoms with Crippen LogP contribution in [-0.2, 0) is 11.3 Å². The highest BCUT2D eigenvalue weighted by molar-refractivity contribution is 6.32. The Bertz CT molecular complexity index is 1530. The number of aromatic nitrogens is 5. The van der Waals surface area contributed by atoms with Gasteiger partial charge in [0.25, 0.3) is 5.88 Å². The van der Waals surface area contributed by atoms with Gasteiger partial charge >= 0.3 is 0 Å². The first-order chi connectivity index (χ1) is 22.1. The number of nitrogens with two attached hydrogens (primary N) is 1. The predicted molar refractivity (Wildman–Crippen MR) is 170 cm³/mol. The molecular formula is C31H38ClN9O4. The average molecular weight is 636 g/mol. The number of nitrogens with zero attached hydrogens (tertiary/aromatic N) is 7. The van der Waals surface area contributed by atoms with Crippen molar-refractivity contribution in [1.82, 2.24) is 29.6 Å². The minimum atomic E-state index is -0.193. The van der Waals surface area contributed by atoms with E-state index >= 15 is 0 Å². The van der Waals surface area contributed by atoms with E-state index in [-0.39, 0.29) is 18.8 Å². The minimum absolute atomic E-state index is 0.153. The Balaban J connectivity index is 1.15. The van der Waals surface area contributed by atoms with Crippen LogP contribution in [0.5, 0.6) is 11.6 Å². The average Bonchev–Trinajstić information content (AvgIpc) is 3.75. The summed E-state index contributed by atoms with van der Waals surface area (Å²) in [5.41, 5.74) is 7.70. The molecule has 1 saturated carbocycles. The SMILES string of the molecule is C[C@@H](CN=CN)Oc1cc(-c2cnc(Nc3cn(C4CCC(N5CCOCC5)CC4)nc3OCc3ncco3)nc2)ccc1Cl. The number of hydrogen-bond acceptors (Lipinski definition) is 11. The molecule has 1 atom stereocenters. The second-order valence-corrected chi connectivity index (χ2v) is 11.6. The van der Waals surface area contributed by atoms with Gasteiger partial charge < -0.3 is 29.7 Å². The highest BCUT2D eigenvalue weighted by Crippen LogP contribution is 2.35. The molecule has 3 aromatic heterocycles. The van der Waals surface area contributed by atoms with Crippen molar-refractivity contribution in [2.75, 3.05) is 38.2 Å². The van der Waals surface area contributed by atoms with Gasteiger partial charge in [0.15, 0.2) is 6.61 Å². The largest absolute Gasteiger partial charge is 0.487 e. The lowest BCUT2D eigenvalue weighted by Gasteiger charge is -2.38. The Morgan fingerprint density at radius 3 is 2.62 bits per heavy atom. The number of rotatable bonds is 12. The number of anilines is 2. The molecule has 2 aliphatic rings. The summed E-state index contributed by atoms with van der Waals surface area (Å²) in [5, 5.41) is 8.62. The molecular weight excluding hydrogens is 598 g/mol. The summed E-state index contributed by atoms with van der Waals surface area (Å²) < 4.78 is 24.9. The molecule has 4 heterocycles. The van der Waals surface area contributed by atoms with Crippen molar-refractivity contribution < 1.29 is 18.6 Å². The van der Waals surface area contributed by atoms with Gasteiger partial charge in [-0.1, -0.05) is 17.7 Å².